The Hall–Kier alpha value is -0.610. The van der Waals surface area contributed by atoms with Crippen molar-refractivity contribution in [3.63, 3.8) is 0 Å². The van der Waals surface area contributed by atoms with Gasteiger partial charge in [0.05, 0.1) is 26.4 Å². The van der Waals surface area contributed by atoms with E-state index in [1.165, 1.54) is 103 Å². The van der Waals surface area contributed by atoms with E-state index in [9.17, 15) is 43.6 Å². The number of rotatable bonds is 42. The summed E-state index contributed by atoms with van der Waals surface area (Å²) in [7, 11) is -5.20. The van der Waals surface area contributed by atoms with Crippen LogP contribution < -0.4 is 0 Å². The molecular formula is C55H107O16S-. The van der Waals surface area contributed by atoms with E-state index in [4.69, 9.17) is 28.4 Å². The van der Waals surface area contributed by atoms with Crippen LogP contribution in [0.1, 0.15) is 198 Å². The average Bonchev–Trinajstić information content (AvgIpc) is 3.30. The van der Waals surface area contributed by atoms with Gasteiger partial charge in [-0.05, 0) is 60.2 Å². The normalized spacial score (nSPS) is 28.3. The van der Waals surface area contributed by atoms with Crippen LogP contribution in [0.25, 0.3) is 0 Å². The summed E-state index contributed by atoms with van der Waals surface area (Å²) in [6.07, 6.45) is 6.96. The SMILES string of the molecule is CC(C)CCCC(C)CCCC(C)CCCC(C)CCOCC(CO[C@@H]1OC(CO)C(O[C@@H]2OC(COS(=O)(=O)[O-])C(O)[C@H](O)C2O)[C@H](O)C1O)OCCC(C)CCCC(C)CCCC(C)CCCC(C)C. The van der Waals surface area contributed by atoms with E-state index < -0.39 is 91.1 Å². The number of hydrogen-bond acceptors (Lipinski definition) is 16. The Balaban J connectivity index is 1.92. The van der Waals surface area contributed by atoms with Crippen LogP contribution in [0.3, 0.4) is 0 Å². The fraction of sp³-hybridized carbons (Fsp3) is 1.00. The summed E-state index contributed by atoms with van der Waals surface area (Å²) >= 11 is 0. The van der Waals surface area contributed by atoms with E-state index in [-0.39, 0.29) is 13.2 Å². The first-order valence-electron chi connectivity index (χ1n) is 28.4. The van der Waals surface area contributed by atoms with Crippen molar-refractivity contribution < 1.29 is 76.2 Å². The maximum Gasteiger partial charge on any atom is 0.217 e. The van der Waals surface area contributed by atoms with Crippen molar-refractivity contribution in [2.45, 2.75) is 265 Å². The Morgan fingerprint density at radius 3 is 1.32 bits per heavy atom. The maximum atomic E-state index is 11.2. The molecule has 17 heteroatoms. The van der Waals surface area contributed by atoms with Crippen molar-refractivity contribution in [2.24, 2.45) is 47.3 Å². The van der Waals surface area contributed by atoms with Crippen molar-refractivity contribution >= 4 is 10.4 Å². The van der Waals surface area contributed by atoms with Crippen LogP contribution in [0.2, 0.25) is 0 Å². The largest absolute Gasteiger partial charge is 0.726 e. The van der Waals surface area contributed by atoms with Gasteiger partial charge in [-0.25, -0.2) is 8.42 Å². The molecule has 2 saturated heterocycles. The predicted octanol–water partition coefficient (Wildman–Crippen LogP) is 8.44. The van der Waals surface area contributed by atoms with Crippen LogP contribution in [0.4, 0.5) is 0 Å². The van der Waals surface area contributed by atoms with E-state index in [2.05, 4.69) is 73.4 Å². The molecule has 0 amide bonds. The van der Waals surface area contributed by atoms with E-state index in [1.54, 1.807) is 0 Å². The third-order valence-corrected chi connectivity index (χ3v) is 15.6. The monoisotopic (exact) mass is 1060 g/mol. The van der Waals surface area contributed by atoms with Crippen molar-refractivity contribution in [3.8, 4) is 0 Å². The molecule has 72 heavy (non-hydrogen) atoms. The Kier molecular flexibility index (Phi) is 34.9. The van der Waals surface area contributed by atoms with E-state index in [0.717, 1.165) is 55.3 Å². The highest BCUT2D eigenvalue weighted by Crippen LogP contribution is 2.31. The van der Waals surface area contributed by atoms with E-state index >= 15 is 0 Å². The molecule has 430 valence electrons. The fourth-order valence-corrected chi connectivity index (χ4v) is 10.3. The zero-order valence-electron chi connectivity index (χ0n) is 46.5. The first-order chi connectivity index (χ1) is 34.0. The lowest BCUT2D eigenvalue weighted by Gasteiger charge is -2.46. The molecule has 2 fully saturated rings. The van der Waals surface area contributed by atoms with Gasteiger partial charge in [0.1, 0.15) is 54.9 Å². The molecule has 2 aliphatic heterocycles. The zero-order chi connectivity index (χ0) is 53.8. The summed E-state index contributed by atoms with van der Waals surface area (Å²) in [4.78, 5) is 0. The quantitative estimate of drug-likeness (QED) is 0.0191. The molecule has 0 aromatic rings. The van der Waals surface area contributed by atoms with Gasteiger partial charge in [0.2, 0.25) is 10.4 Å². The van der Waals surface area contributed by atoms with Crippen LogP contribution in [0.5, 0.6) is 0 Å². The van der Waals surface area contributed by atoms with Gasteiger partial charge in [0, 0.05) is 13.2 Å². The first-order valence-corrected chi connectivity index (χ1v) is 29.7. The van der Waals surface area contributed by atoms with Gasteiger partial charge in [-0.15, -0.1) is 0 Å². The van der Waals surface area contributed by atoms with Gasteiger partial charge in [0.15, 0.2) is 12.6 Å². The van der Waals surface area contributed by atoms with Crippen LogP contribution in [-0.4, -0.2) is 151 Å². The topological polar surface area (TPSA) is 243 Å². The zero-order valence-corrected chi connectivity index (χ0v) is 47.3. The molecule has 6 N–H and O–H groups in total. The van der Waals surface area contributed by atoms with Crippen LogP contribution in [0, 0.1) is 47.3 Å². The van der Waals surface area contributed by atoms with Crippen molar-refractivity contribution in [3.05, 3.63) is 0 Å². The Labute approximate surface area is 437 Å². The predicted molar refractivity (Wildman–Crippen MR) is 278 cm³/mol. The average molecular weight is 1060 g/mol. The molecule has 0 bridgehead atoms. The first kappa shape index (κ1) is 67.5. The molecule has 17 atom stereocenters. The lowest BCUT2D eigenvalue weighted by atomic mass is 9.91. The van der Waals surface area contributed by atoms with Gasteiger partial charge >= 0.3 is 0 Å². The van der Waals surface area contributed by atoms with Crippen molar-refractivity contribution in [1.82, 2.24) is 0 Å². The summed E-state index contributed by atoms with van der Waals surface area (Å²) in [6, 6.07) is 0. The Morgan fingerprint density at radius 1 is 0.486 bits per heavy atom. The third-order valence-electron chi connectivity index (χ3n) is 15.2. The number of ether oxygens (including phenoxy) is 6. The van der Waals surface area contributed by atoms with Crippen molar-refractivity contribution in [2.75, 3.05) is 39.6 Å². The Morgan fingerprint density at radius 2 is 0.889 bits per heavy atom. The highest BCUT2D eigenvalue weighted by Gasteiger charge is 2.51. The van der Waals surface area contributed by atoms with Gasteiger partial charge in [-0.1, -0.05) is 185 Å². The molecule has 0 radical (unpaired) electrons. The molecule has 0 aliphatic carbocycles. The summed E-state index contributed by atoms with van der Waals surface area (Å²) in [5.41, 5.74) is 0. The summed E-state index contributed by atoms with van der Waals surface area (Å²) < 4.78 is 72.7. The van der Waals surface area contributed by atoms with Crippen molar-refractivity contribution in [1.29, 1.82) is 0 Å². The molecule has 0 saturated carbocycles. The van der Waals surface area contributed by atoms with Gasteiger partial charge in [-0.3, -0.25) is 4.18 Å². The maximum absolute atomic E-state index is 11.2. The fourth-order valence-electron chi connectivity index (χ4n) is 9.99. The van der Waals surface area contributed by atoms with E-state index in [0.29, 0.717) is 31.0 Å². The highest BCUT2D eigenvalue weighted by molar-refractivity contribution is 7.80. The second kappa shape index (κ2) is 37.2. The molecular weight excluding hydrogens is 949 g/mol. The molecule has 0 aromatic carbocycles. The Bertz CT molecular complexity index is 1440. The van der Waals surface area contributed by atoms with Crippen LogP contribution in [0.15, 0.2) is 0 Å². The molecule has 13 unspecified atom stereocenters. The minimum absolute atomic E-state index is 0.0661. The van der Waals surface area contributed by atoms with Gasteiger partial charge in [0.25, 0.3) is 0 Å². The lowest BCUT2D eigenvalue weighted by Crippen LogP contribution is -2.64. The molecule has 16 nitrogen and oxygen atoms in total. The summed E-state index contributed by atoms with van der Waals surface area (Å²) in [6.45, 7) is 22.7. The molecule has 0 aromatic heterocycles. The smallest absolute Gasteiger partial charge is 0.217 e. The summed E-state index contributed by atoms with van der Waals surface area (Å²) in [5.74, 6) is 5.55. The van der Waals surface area contributed by atoms with Crippen LogP contribution >= 0.6 is 0 Å². The number of hydrogen-bond donors (Lipinski definition) is 6. The molecule has 2 heterocycles. The molecule has 0 spiro atoms. The van der Waals surface area contributed by atoms with Gasteiger partial charge < -0.3 is 63.6 Å². The number of aliphatic hydroxyl groups is 6. The lowest BCUT2D eigenvalue weighted by molar-refractivity contribution is -0.360. The minimum Gasteiger partial charge on any atom is -0.726 e. The number of aliphatic hydroxyl groups excluding tert-OH is 6. The third kappa shape index (κ3) is 29.2. The summed E-state index contributed by atoms with van der Waals surface area (Å²) in [5, 5.41) is 64.0. The van der Waals surface area contributed by atoms with E-state index in [1.807, 2.05) is 0 Å². The second-order valence-corrected chi connectivity index (χ2v) is 24.5. The second-order valence-electron chi connectivity index (χ2n) is 23.5. The van der Waals surface area contributed by atoms with Crippen LogP contribution in [-0.2, 0) is 43.0 Å². The highest BCUT2D eigenvalue weighted by atomic mass is 32.3. The molecule has 2 rings (SSSR count). The minimum atomic E-state index is -5.20. The van der Waals surface area contributed by atoms with Gasteiger partial charge in [-0.2, -0.15) is 0 Å². The standard InChI is InChI=1S/C55H108O16S/c1-37(2)17-11-19-39(5)21-13-23-41(7)25-15-27-43(9)29-31-65-34-45(66-32-30-44(10)28-16-26-42(8)24-14-22-40(6)20-12-18-38(3)4)35-67-54-52(61)50(59)53(46(33-56)69-54)71-55-51(60)49(58)48(57)47(70-55)36-68-72(62,63)64/h37-61H,11-36H2,1-10H3,(H,62,63,64)/p-1/t39?,40?,41?,42?,43?,44?,45?,46?,47?,48?,49-,50+,51?,52?,53?,54+,55-/m0/s1. The molecule has 2 aliphatic rings.